The molecule has 3 N–H and O–H groups in total. The van der Waals surface area contributed by atoms with Crippen LogP contribution in [0.15, 0.2) is 0 Å². The van der Waals surface area contributed by atoms with Crippen LogP contribution in [0.3, 0.4) is 0 Å². The molecule has 0 saturated carbocycles. The van der Waals surface area contributed by atoms with E-state index in [-0.39, 0.29) is 18.5 Å². The molecule has 0 aromatic heterocycles. The van der Waals surface area contributed by atoms with Gasteiger partial charge in [0.15, 0.2) is 0 Å². The largest absolute Gasteiger partial charge is 0.466 e. The van der Waals surface area contributed by atoms with E-state index in [1.165, 1.54) is 411 Å². The standard InChI is InChI=1S/C81H161NO5/c1-3-5-7-9-11-13-15-17-19-21-23-24-25-28-31-34-38-41-45-49-53-57-61-65-69-73-79(84)78(77-83)82-80(85)74-70-66-62-58-54-50-46-42-39-35-32-29-26-27-30-33-36-40-44-48-52-56-60-64-68-72-76-87-81(86)75-71-67-63-59-55-51-47-43-37-22-20-18-16-14-12-10-8-6-4-2/h78-79,83-84H,3-77H2,1-2H3,(H,82,85). The third kappa shape index (κ3) is 73.8. The van der Waals surface area contributed by atoms with Gasteiger partial charge in [-0.1, -0.05) is 444 Å². The van der Waals surface area contributed by atoms with Crippen LogP contribution in [0.4, 0.5) is 0 Å². The smallest absolute Gasteiger partial charge is 0.305 e. The van der Waals surface area contributed by atoms with Crippen LogP contribution in [0.2, 0.25) is 0 Å². The third-order valence-corrected chi connectivity index (χ3v) is 19.7. The van der Waals surface area contributed by atoms with Crippen molar-refractivity contribution in [3.8, 4) is 0 Å². The highest BCUT2D eigenvalue weighted by Gasteiger charge is 2.20. The number of nitrogens with one attached hydrogen (secondary N) is 1. The Balaban J connectivity index is 3.33. The van der Waals surface area contributed by atoms with Gasteiger partial charge < -0.3 is 20.3 Å². The lowest BCUT2D eigenvalue weighted by Crippen LogP contribution is -2.45. The van der Waals surface area contributed by atoms with Crippen molar-refractivity contribution >= 4 is 11.9 Å². The molecule has 6 nitrogen and oxygen atoms in total. The van der Waals surface area contributed by atoms with Crippen LogP contribution in [0.5, 0.6) is 0 Å². The summed E-state index contributed by atoms with van der Waals surface area (Å²) in [6.45, 7) is 5.03. The summed E-state index contributed by atoms with van der Waals surface area (Å²) in [5, 5.41) is 23.5. The van der Waals surface area contributed by atoms with Gasteiger partial charge in [-0.15, -0.1) is 0 Å². The zero-order valence-electron chi connectivity index (χ0n) is 59.8. The Morgan fingerprint density at radius 2 is 0.471 bits per heavy atom. The number of ether oxygens (including phenoxy) is 1. The van der Waals surface area contributed by atoms with Gasteiger partial charge in [0.1, 0.15) is 0 Å². The molecule has 520 valence electrons. The van der Waals surface area contributed by atoms with Crippen LogP contribution in [0.25, 0.3) is 0 Å². The molecule has 2 atom stereocenters. The lowest BCUT2D eigenvalue weighted by molar-refractivity contribution is -0.143. The fourth-order valence-electron chi connectivity index (χ4n) is 13.5. The Kier molecular flexibility index (Phi) is 76.3. The van der Waals surface area contributed by atoms with Crippen molar-refractivity contribution < 1.29 is 24.5 Å². The SMILES string of the molecule is CCCCCCCCCCCCCCCCCCCCCCCCCCCC(O)C(CO)NC(=O)CCCCCCCCCCCCCCCCCCCCCCCCCCCCOC(=O)CCCCCCCCCCCCCCCCCCCCC. The molecule has 0 fully saturated rings. The lowest BCUT2D eigenvalue weighted by Gasteiger charge is -2.22. The van der Waals surface area contributed by atoms with Crippen molar-refractivity contribution in [2.45, 2.75) is 495 Å². The number of amides is 1. The fourth-order valence-corrected chi connectivity index (χ4v) is 13.5. The fraction of sp³-hybridized carbons (Fsp3) is 0.975. The minimum atomic E-state index is -0.664. The topological polar surface area (TPSA) is 95.9 Å². The van der Waals surface area contributed by atoms with Crippen molar-refractivity contribution in [2.24, 2.45) is 0 Å². The van der Waals surface area contributed by atoms with Crippen molar-refractivity contribution in [2.75, 3.05) is 13.2 Å². The van der Waals surface area contributed by atoms with Gasteiger partial charge in [0.25, 0.3) is 0 Å². The summed E-state index contributed by atoms with van der Waals surface area (Å²) in [6.07, 6.45) is 96.3. The average molecular weight is 1230 g/mol. The molecule has 2 unspecified atom stereocenters. The van der Waals surface area contributed by atoms with Gasteiger partial charge in [-0.25, -0.2) is 0 Å². The van der Waals surface area contributed by atoms with Gasteiger partial charge in [-0.2, -0.15) is 0 Å². The van der Waals surface area contributed by atoms with Crippen molar-refractivity contribution in [3.63, 3.8) is 0 Å². The average Bonchev–Trinajstić information content (AvgIpc) is 3.54. The molecule has 0 saturated heterocycles. The highest BCUT2D eigenvalue weighted by Crippen LogP contribution is 2.21. The molecular weight excluding hydrogens is 1070 g/mol. The first kappa shape index (κ1) is 85.9. The lowest BCUT2D eigenvalue weighted by atomic mass is 10.0. The number of carbonyl (C=O) groups is 2. The van der Waals surface area contributed by atoms with Crippen molar-refractivity contribution in [3.05, 3.63) is 0 Å². The van der Waals surface area contributed by atoms with E-state index in [9.17, 15) is 19.8 Å². The molecule has 6 heteroatoms. The molecule has 0 aromatic carbocycles. The molecule has 0 bridgehead atoms. The summed E-state index contributed by atoms with van der Waals surface area (Å²) in [4.78, 5) is 24.7. The predicted molar refractivity (Wildman–Crippen MR) is 384 cm³/mol. The zero-order valence-corrected chi connectivity index (χ0v) is 59.8. The molecular formula is C81H161NO5. The van der Waals surface area contributed by atoms with Gasteiger partial charge in [-0.05, 0) is 25.7 Å². The molecule has 0 rings (SSSR count). The summed E-state index contributed by atoms with van der Waals surface area (Å²) in [6, 6.07) is -0.540. The Morgan fingerprint density at radius 3 is 0.701 bits per heavy atom. The summed E-state index contributed by atoms with van der Waals surface area (Å²) >= 11 is 0. The number of esters is 1. The quantitative estimate of drug-likeness (QED) is 0.0417. The maximum Gasteiger partial charge on any atom is 0.305 e. The highest BCUT2D eigenvalue weighted by atomic mass is 16.5. The van der Waals surface area contributed by atoms with Gasteiger partial charge in [0, 0.05) is 12.8 Å². The second-order valence-corrected chi connectivity index (χ2v) is 28.5. The van der Waals surface area contributed by atoms with Crippen LogP contribution in [-0.4, -0.2) is 47.4 Å². The molecule has 0 heterocycles. The molecule has 0 spiro atoms. The highest BCUT2D eigenvalue weighted by molar-refractivity contribution is 5.76. The first-order valence-corrected chi connectivity index (χ1v) is 40.8. The second-order valence-electron chi connectivity index (χ2n) is 28.5. The van der Waals surface area contributed by atoms with Crippen LogP contribution in [-0.2, 0) is 14.3 Å². The monoisotopic (exact) mass is 1230 g/mol. The van der Waals surface area contributed by atoms with E-state index in [4.69, 9.17) is 4.74 Å². The second kappa shape index (κ2) is 77.3. The van der Waals surface area contributed by atoms with Crippen molar-refractivity contribution in [1.29, 1.82) is 0 Å². The molecule has 1 amide bonds. The van der Waals surface area contributed by atoms with E-state index in [0.29, 0.717) is 25.9 Å². The summed E-state index contributed by atoms with van der Waals surface area (Å²) < 4.78 is 5.52. The number of hydrogen-bond acceptors (Lipinski definition) is 5. The van der Waals surface area contributed by atoms with Gasteiger partial charge in [-0.3, -0.25) is 9.59 Å². The van der Waals surface area contributed by atoms with E-state index >= 15 is 0 Å². The summed E-state index contributed by atoms with van der Waals surface area (Å²) in [5.74, 6) is -0.00174. The van der Waals surface area contributed by atoms with Crippen LogP contribution >= 0.6 is 0 Å². The first-order chi connectivity index (χ1) is 43.0. The predicted octanol–water partition coefficient (Wildman–Crippen LogP) is 26.9. The molecule has 87 heavy (non-hydrogen) atoms. The molecule has 0 radical (unpaired) electrons. The molecule has 0 aromatic rings. The summed E-state index contributed by atoms with van der Waals surface area (Å²) in [5.41, 5.74) is 0. The zero-order chi connectivity index (χ0) is 62.8. The Morgan fingerprint density at radius 1 is 0.276 bits per heavy atom. The normalized spacial score (nSPS) is 12.4. The van der Waals surface area contributed by atoms with Crippen LogP contribution < -0.4 is 5.32 Å². The van der Waals surface area contributed by atoms with E-state index in [1.54, 1.807) is 0 Å². The maximum absolute atomic E-state index is 12.6. The van der Waals surface area contributed by atoms with E-state index in [1.807, 2.05) is 0 Å². The molecule has 0 aliphatic carbocycles. The van der Waals surface area contributed by atoms with Crippen molar-refractivity contribution in [1.82, 2.24) is 5.32 Å². The summed E-state index contributed by atoms with van der Waals surface area (Å²) in [7, 11) is 0. The van der Waals surface area contributed by atoms with Crippen LogP contribution in [0.1, 0.15) is 483 Å². The third-order valence-electron chi connectivity index (χ3n) is 19.7. The van der Waals surface area contributed by atoms with Gasteiger partial charge in [0.05, 0.1) is 25.4 Å². The van der Waals surface area contributed by atoms with Gasteiger partial charge in [0.2, 0.25) is 5.91 Å². The number of aliphatic hydroxyl groups is 2. The molecule has 0 aliphatic rings. The minimum Gasteiger partial charge on any atom is -0.466 e. The molecule has 0 aliphatic heterocycles. The first-order valence-electron chi connectivity index (χ1n) is 40.8. The van der Waals surface area contributed by atoms with E-state index < -0.39 is 12.1 Å². The van der Waals surface area contributed by atoms with E-state index in [2.05, 4.69) is 19.2 Å². The number of aliphatic hydroxyl groups excluding tert-OH is 2. The Labute approximate surface area is 547 Å². The van der Waals surface area contributed by atoms with Crippen LogP contribution in [0, 0.1) is 0 Å². The Bertz CT molecular complexity index is 1280. The maximum atomic E-state index is 12.6. The number of hydrogen-bond donors (Lipinski definition) is 3. The number of carbonyl (C=O) groups excluding carboxylic acids is 2. The number of unbranched alkanes of at least 4 members (excludes halogenated alkanes) is 67. The Hall–Kier alpha value is -1.14. The van der Waals surface area contributed by atoms with Gasteiger partial charge >= 0.3 is 5.97 Å². The minimum absolute atomic E-state index is 0.0240. The van der Waals surface area contributed by atoms with E-state index in [0.717, 1.165) is 38.5 Å². The number of rotatable bonds is 78.